The second-order valence-corrected chi connectivity index (χ2v) is 13.0. The van der Waals surface area contributed by atoms with E-state index in [2.05, 4.69) is 192 Å². The molecule has 3 heterocycles. The fourth-order valence-corrected chi connectivity index (χ4v) is 7.71. The molecule has 10 rings (SSSR count). The van der Waals surface area contributed by atoms with Crippen molar-refractivity contribution in [3.05, 3.63) is 187 Å². The first-order chi connectivity index (χ1) is 24.8. The van der Waals surface area contributed by atoms with Crippen molar-refractivity contribution in [2.45, 2.75) is 6.04 Å². The van der Waals surface area contributed by atoms with Gasteiger partial charge in [0.1, 0.15) is 0 Å². The van der Waals surface area contributed by atoms with E-state index in [1.165, 1.54) is 27.6 Å². The van der Waals surface area contributed by atoms with Gasteiger partial charge >= 0.3 is 0 Å². The summed E-state index contributed by atoms with van der Waals surface area (Å²) in [6, 6.07) is 52.0. The van der Waals surface area contributed by atoms with Crippen LogP contribution in [0.15, 0.2) is 180 Å². The molecule has 0 bridgehead atoms. The van der Waals surface area contributed by atoms with E-state index in [1.54, 1.807) is 0 Å². The van der Waals surface area contributed by atoms with Crippen molar-refractivity contribution in [1.82, 2.24) is 4.57 Å². The molecule has 0 amide bonds. The van der Waals surface area contributed by atoms with E-state index in [1.807, 2.05) is 0 Å². The Labute approximate surface area is 291 Å². The standard InChI is InChI=1S/C46H32N4/c1-3-14-33(15-4-1)45-38-19-8-10-20-40(38)47-46(48-45)50-42-22-12-9-18-37(42)39-29-34(27-28-43(39)50)35-26-25-32-24-23-31-13-7-11-21-41(31)49(44(32)30-35)36-16-5-2-6-17-36/h1-30,38,40H. The van der Waals surface area contributed by atoms with E-state index in [4.69, 9.17) is 9.98 Å². The van der Waals surface area contributed by atoms with Gasteiger partial charge < -0.3 is 4.90 Å². The number of hydrogen-bond donors (Lipinski definition) is 0. The highest BCUT2D eigenvalue weighted by Crippen LogP contribution is 2.44. The summed E-state index contributed by atoms with van der Waals surface area (Å²) < 4.78 is 2.25. The molecule has 6 aromatic carbocycles. The van der Waals surface area contributed by atoms with Gasteiger partial charge in [-0.2, -0.15) is 0 Å². The number of rotatable bonds is 3. The van der Waals surface area contributed by atoms with Crippen molar-refractivity contribution in [3.63, 3.8) is 0 Å². The molecular weight excluding hydrogens is 609 g/mol. The SMILES string of the molecule is C1=CC2N=C(n3c4ccccc4c4cc(-c5ccc6c(c5)N(c5ccccc5)c5ccccc5C=C6)ccc43)N=C(c3ccccc3)C2C=C1. The number of nitrogens with zero attached hydrogens (tertiary/aromatic N) is 4. The lowest BCUT2D eigenvalue weighted by Crippen LogP contribution is -2.33. The smallest absolute Gasteiger partial charge is 0.230 e. The zero-order valence-electron chi connectivity index (χ0n) is 27.3. The maximum Gasteiger partial charge on any atom is 0.230 e. The van der Waals surface area contributed by atoms with Crippen molar-refractivity contribution in [2.24, 2.45) is 15.9 Å². The number of aliphatic imine (C=N–C) groups is 2. The monoisotopic (exact) mass is 640 g/mol. The summed E-state index contributed by atoms with van der Waals surface area (Å²) in [4.78, 5) is 12.9. The van der Waals surface area contributed by atoms with Crippen molar-refractivity contribution in [3.8, 4) is 11.1 Å². The van der Waals surface area contributed by atoms with Crippen LogP contribution in [-0.4, -0.2) is 22.3 Å². The molecule has 1 aromatic heterocycles. The number of hydrogen-bond acceptors (Lipinski definition) is 3. The Morgan fingerprint density at radius 3 is 2.06 bits per heavy atom. The Morgan fingerprint density at radius 2 is 1.18 bits per heavy atom. The van der Waals surface area contributed by atoms with Crippen molar-refractivity contribution >= 4 is 62.7 Å². The third-order valence-electron chi connectivity index (χ3n) is 10.1. The number of aromatic nitrogens is 1. The maximum atomic E-state index is 5.30. The van der Waals surface area contributed by atoms with Gasteiger partial charge in [-0.25, -0.2) is 9.98 Å². The van der Waals surface area contributed by atoms with Crippen molar-refractivity contribution < 1.29 is 0 Å². The molecule has 0 radical (unpaired) electrons. The number of anilines is 3. The summed E-state index contributed by atoms with van der Waals surface area (Å²) in [5.41, 5.74) is 12.5. The third kappa shape index (κ3) is 4.61. The third-order valence-corrected chi connectivity index (χ3v) is 10.1. The van der Waals surface area contributed by atoms with E-state index in [9.17, 15) is 0 Å². The van der Waals surface area contributed by atoms with Crippen LogP contribution in [0.1, 0.15) is 16.7 Å². The van der Waals surface area contributed by atoms with Gasteiger partial charge in [0.15, 0.2) is 0 Å². The van der Waals surface area contributed by atoms with Crippen LogP contribution in [0.5, 0.6) is 0 Å². The molecule has 0 saturated heterocycles. The average molecular weight is 641 g/mol. The van der Waals surface area contributed by atoms with Gasteiger partial charge in [0.25, 0.3) is 0 Å². The predicted octanol–water partition coefficient (Wildman–Crippen LogP) is 11.2. The Balaban J connectivity index is 1.13. The van der Waals surface area contributed by atoms with Crippen LogP contribution in [0.4, 0.5) is 17.1 Å². The lowest BCUT2D eigenvalue weighted by Gasteiger charge is -2.28. The van der Waals surface area contributed by atoms with Crippen molar-refractivity contribution in [2.75, 3.05) is 4.90 Å². The van der Waals surface area contributed by atoms with Gasteiger partial charge in [0.05, 0.1) is 34.2 Å². The molecule has 50 heavy (non-hydrogen) atoms. The first-order valence-corrected chi connectivity index (χ1v) is 17.2. The minimum Gasteiger partial charge on any atom is -0.309 e. The van der Waals surface area contributed by atoms with Gasteiger partial charge in [-0.15, -0.1) is 0 Å². The summed E-state index contributed by atoms with van der Waals surface area (Å²) >= 11 is 0. The van der Waals surface area contributed by atoms with Gasteiger partial charge in [0, 0.05) is 22.4 Å². The maximum absolute atomic E-state index is 5.30. The summed E-state index contributed by atoms with van der Waals surface area (Å²) in [7, 11) is 0. The molecule has 0 fully saturated rings. The molecule has 3 aliphatic rings. The minimum absolute atomic E-state index is 0.00971. The molecule has 2 aliphatic heterocycles. The second kappa shape index (κ2) is 11.6. The first-order valence-electron chi connectivity index (χ1n) is 17.2. The van der Waals surface area contributed by atoms with Gasteiger partial charge in [0.2, 0.25) is 5.96 Å². The van der Waals surface area contributed by atoms with E-state index >= 15 is 0 Å². The molecular formula is C46H32N4. The lowest BCUT2D eigenvalue weighted by atomic mass is 9.86. The highest BCUT2D eigenvalue weighted by molar-refractivity contribution is 6.18. The van der Waals surface area contributed by atoms with Gasteiger partial charge in [-0.1, -0.05) is 140 Å². The highest BCUT2D eigenvalue weighted by atomic mass is 15.2. The Bertz CT molecular complexity index is 2600. The molecule has 1 aliphatic carbocycles. The first kappa shape index (κ1) is 28.5. The zero-order chi connectivity index (χ0) is 33.0. The van der Waals surface area contributed by atoms with E-state index in [0.29, 0.717) is 0 Å². The normalized spacial score (nSPS) is 17.6. The van der Waals surface area contributed by atoms with E-state index < -0.39 is 0 Å². The van der Waals surface area contributed by atoms with Crippen LogP contribution in [0.3, 0.4) is 0 Å². The fourth-order valence-electron chi connectivity index (χ4n) is 7.71. The van der Waals surface area contributed by atoms with Crippen LogP contribution >= 0.6 is 0 Å². The fraction of sp³-hybridized carbons (Fsp3) is 0.0435. The highest BCUT2D eigenvalue weighted by Gasteiger charge is 2.30. The molecule has 4 heteroatoms. The van der Waals surface area contributed by atoms with Crippen LogP contribution in [0.25, 0.3) is 45.1 Å². The molecule has 0 saturated carbocycles. The van der Waals surface area contributed by atoms with Crippen LogP contribution < -0.4 is 4.90 Å². The van der Waals surface area contributed by atoms with E-state index in [-0.39, 0.29) is 12.0 Å². The second-order valence-electron chi connectivity index (χ2n) is 13.0. The Kier molecular flexibility index (Phi) is 6.59. The molecule has 236 valence electrons. The van der Waals surface area contributed by atoms with Crippen molar-refractivity contribution in [1.29, 1.82) is 0 Å². The zero-order valence-corrected chi connectivity index (χ0v) is 27.3. The topological polar surface area (TPSA) is 32.9 Å². The molecule has 7 aromatic rings. The summed E-state index contributed by atoms with van der Waals surface area (Å²) in [6.45, 7) is 0. The minimum atomic E-state index is -0.00971. The van der Waals surface area contributed by atoms with Crippen LogP contribution in [-0.2, 0) is 0 Å². The summed E-state index contributed by atoms with van der Waals surface area (Å²) in [6.07, 6.45) is 13.1. The van der Waals surface area contributed by atoms with Crippen LogP contribution in [0.2, 0.25) is 0 Å². The molecule has 0 spiro atoms. The summed E-state index contributed by atoms with van der Waals surface area (Å²) in [5, 5.41) is 2.36. The average Bonchev–Trinajstić information content (AvgIpc) is 3.42. The van der Waals surface area contributed by atoms with E-state index in [0.717, 1.165) is 50.8 Å². The molecule has 2 unspecified atom stereocenters. The van der Waals surface area contributed by atoms with Crippen LogP contribution in [0, 0.1) is 5.92 Å². The molecule has 4 nitrogen and oxygen atoms in total. The lowest BCUT2D eigenvalue weighted by molar-refractivity contribution is 0.703. The predicted molar refractivity (Wildman–Crippen MR) is 210 cm³/mol. The number of allylic oxidation sites excluding steroid dienone is 2. The van der Waals surface area contributed by atoms with Gasteiger partial charge in [-0.3, -0.25) is 4.57 Å². The molecule has 0 N–H and O–H groups in total. The molecule has 2 atom stereocenters. The Hall–Kier alpha value is -6.52. The largest absolute Gasteiger partial charge is 0.309 e. The number of benzene rings is 6. The Morgan fingerprint density at radius 1 is 0.500 bits per heavy atom. The number of fused-ring (bicyclic) bond motifs is 6. The quantitative estimate of drug-likeness (QED) is 0.189. The summed E-state index contributed by atoms with van der Waals surface area (Å²) in [5.74, 6) is 0.828. The number of para-hydroxylation sites is 3. The van der Waals surface area contributed by atoms with Gasteiger partial charge in [-0.05, 0) is 70.3 Å².